The Morgan fingerprint density at radius 3 is 2.45 bits per heavy atom. The third-order valence-corrected chi connectivity index (χ3v) is 7.50. The molecule has 4 rings (SSSR count). The van der Waals surface area contributed by atoms with Crippen LogP contribution in [-0.2, 0) is 10.0 Å². The Bertz CT molecular complexity index is 1300. The van der Waals surface area contributed by atoms with Gasteiger partial charge in [0.15, 0.2) is 11.2 Å². The second kappa shape index (κ2) is 9.72. The Labute approximate surface area is 190 Å². The zero-order valence-corrected chi connectivity index (χ0v) is 18.7. The molecule has 1 aliphatic rings. The van der Waals surface area contributed by atoms with Gasteiger partial charge in [0.2, 0.25) is 10.0 Å². The molecule has 1 N–H and O–H groups in total. The summed E-state index contributed by atoms with van der Waals surface area (Å²) >= 11 is 0. The molecular formula is C23H24FN3O5S. The molecule has 0 atom stereocenters. The first-order valence-electron chi connectivity index (χ1n) is 10.6. The molecule has 3 aromatic rings. The van der Waals surface area contributed by atoms with E-state index in [-0.39, 0.29) is 35.7 Å². The Hall–Kier alpha value is -3.24. The highest BCUT2D eigenvalue weighted by atomic mass is 32.2. The summed E-state index contributed by atoms with van der Waals surface area (Å²) in [5.74, 6) is -1.10. The number of fused-ring (bicyclic) bond motifs is 1. The molecule has 1 saturated heterocycles. The number of amides is 1. The number of para-hydroxylation sites is 1. The first kappa shape index (κ1) is 22.9. The van der Waals surface area contributed by atoms with Crippen LogP contribution in [0.3, 0.4) is 0 Å². The van der Waals surface area contributed by atoms with Gasteiger partial charge in [0.25, 0.3) is 5.91 Å². The number of halogens is 1. The van der Waals surface area contributed by atoms with Gasteiger partial charge in [0.05, 0.1) is 11.1 Å². The number of anilines is 1. The van der Waals surface area contributed by atoms with E-state index < -0.39 is 15.9 Å². The minimum absolute atomic E-state index is 0.106. The normalized spacial score (nSPS) is 15.0. The zero-order valence-electron chi connectivity index (χ0n) is 17.9. The second-order valence-electron chi connectivity index (χ2n) is 7.76. The Morgan fingerprint density at radius 2 is 1.73 bits per heavy atom. The number of carbonyl (C=O) groups excluding carboxylic acids is 1. The molecule has 0 bridgehead atoms. The molecule has 10 heteroatoms. The van der Waals surface area contributed by atoms with Crippen molar-refractivity contribution in [2.45, 2.75) is 6.42 Å². The number of nitrogens with one attached hydrogen (secondary N) is 1. The predicted molar refractivity (Wildman–Crippen MR) is 123 cm³/mol. The van der Waals surface area contributed by atoms with Crippen LogP contribution >= 0.6 is 0 Å². The van der Waals surface area contributed by atoms with Crippen molar-refractivity contribution >= 4 is 32.6 Å². The van der Waals surface area contributed by atoms with Gasteiger partial charge in [-0.3, -0.25) is 9.59 Å². The van der Waals surface area contributed by atoms with Crippen LogP contribution in [0.4, 0.5) is 10.1 Å². The zero-order chi connectivity index (χ0) is 23.4. The summed E-state index contributed by atoms with van der Waals surface area (Å²) < 4.78 is 45.4. The van der Waals surface area contributed by atoms with Crippen LogP contribution in [0, 0.1) is 5.82 Å². The Balaban J connectivity index is 1.26. The molecular weight excluding hydrogens is 449 g/mol. The number of benzene rings is 2. The molecule has 0 aliphatic carbocycles. The molecule has 0 saturated carbocycles. The average molecular weight is 474 g/mol. The van der Waals surface area contributed by atoms with E-state index in [2.05, 4.69) is 5.32 Å². The van der Waals surface area contributed by atoms with Gasteiger partial charge < -0.3 is 14.6 Å². The Kier molecular flexibility index (Phi) is 6.75. The fourth-order valence-electron chi connectivity index (χ4n) is 3.76. The third-order valence-electron chi connectivity index (χ3n) is 5.55. The standard InChI is InChI=1S/C23H24FN3O5S/c24-17-6-8-18(9-7-17)26-11-13-27(14-12-26)33(30,31)15-3-10-25-23(29)22-16-20(28)19-4-1-2-5-21(19)32-22/h1-2,4-9,16H,3,10-15H2,(H,25,29). The highest BCUT2D eigenvalue weighted by molar-refractivity contribution is 7.89. The number of hydrogen-bond donors (Lipinski definition) is 1. The highest BCUT2D eigenvalue weighted by Gasteiger charge is 2.26. The minimum Gasteiger partial charge on any atom is -0.451 e. The van der Waals surface area contributed by atoms with Crippen LogP contribution in [0.2, 0.25) is 0 Å². The Morgan fingerprint density at radius 1 is 1.03 bits per heavy atom. The number of sulfonamides is 1. The van der Waals surface area contributed by atoms with Gasteiger partial charge in [0, 0.05) is 44.5 Å². The van der Waals surface area contributed by atoms with Crippen molar-refractivity contribution in [1.82, 2.24) is 9.62 Å². The number of rotatable bonds is 7. The van der Waals surface area contributed by atoms with Crippen LogP contribution in [0.25, 0.3) is 11.0 Å². The van der Waals surface area contributed by atoms with Crippen molar-refractivity contribution in [3.63, 3.8) is 0 Å². The van der Waals surface area contributed by atoms with Crippen molar-refractivity contribution in [1.29, 1.82) is 0 Å². The second-order valence-corrected chi connectivity index (χ2v) is 9.85. The molecule has 0 spiro atoms. The van der Waals surface area contributed by atoms with E-state index in [9.17, 15) is 22.4 Å². The number of hydrogen-bond acceptors (Lipinski definition) is 6. The van der Waals surface area contributed by atoms with Gasteiger partial charge in [0.1, 0.15) is 11.4 Å². The molecule has 1 aromatic heterocycles. The molecule has 174 valence electrons. The van der Waals surface area contributed by atoms with Crippen LogP contribution < -0.4 is 15.6 Å². The van der Waals surface area contributed by atoms with Gasteiger partial charge in [-0.2, -0.15) is 4.31 Å². The summed E-state index contributed by atoms with van der Waals surface area (Å²) in [4.78, 5) is 26.5. The van der Waals surface area contributed by atoms with Crippen molar-refractivity contribution < 1.29 is 22.0 Å². The lowest BCUT2D eigenvalue weighted by Gasteiger charge is -2.35. The van der Waals surface area contributed by atoms with E-state index in [1.54, 1.807) is 36.4 Å². The van der Waals surface area contributed by atoms with Crippen molar-refractivity contribution in [3.8, 4) is 0 Å². The molecule has 1 aliphatic heterocycles. The average Bonchev–Trinajstić information content (AvgIpc) is 2.82. The third kappa shape index (κ3) is 5.40. The molecule has 33 heavy (non-hydrogen) atoms. The molecule has 1 fully saturated rings. The SMILES string of the molecule is O=C(NCCCS(=O)(=O)N1CCN(c2ccc(F)cc2)CC1)c1cc(=O)c2ccccc2o1. The lowest BCUT2D eigenvalue weighted by molar-refractivity contribution is 0.0926. The summed E-state index contributed by atoms with van der Waals surface area (Å²) in [6, 6.07) is 13.9. The summed E-state index contributed by atoms with van der Waals surface area (Å²) in [5, 5.41) is 2.99. The maximum absolute atomic E-state index is 13.1. The van der Waals surface area contributed by atoms with Crippen molar-refractivity contribution in [3.05, 3.63) is 76.4 Å². The van der Waals surface area contributed by atoms with Gasteiger partial charge in [-0.05, 0) is 42.8 Å². The van der Waals surface area contributed by atoms with Crippen molar-refractivity contribution in [2.24, 2.45) is 0 Å². The van der Waals surface area contributed by atoms with E-state index >= 15 is 0 Å². The van der Waals surface area contributed by atoms with Gasteiger partial charge in [-0.1, -0.05) is 12.1 Å². The predicted octanol–water partition coefficient (Wildman–Crippen LogP) is 2.20. The fraction of sp³-hybridized carbons (Fsp3) is 0.304. The van der Waals surface area contributed by atoms with Crippen LogP contribution in [-0.4, -0.2) is 57.1 Å². The lowest BCUT2D eigenvalue weighted by atomic mass is 10.2. The topological polar surface area (TPSA) is 99.9 Å². The number of piperazine rings is 1. The van der Waals surface area contributed by atoms with Crippen LogP contribution in [0.15, 0.2) is 63.8 Å². The summed E-state index contributed by atoms with van der Waals surface area (Å²) in [7, 11) is -3.47. The fourth-order valence-corrected chi connectivity index (χ4v) is 5.25. The van der Waals surface area contributed by atoms with E-state index in [4.69, 9.17) is 4.42 Å². The van der Waals surface area contributed by atoms with Gasteiger partial charge >= 0.3 is 0 Å². The maximum atomic E-state index is 13.1. The van der Waals surface area contributed by atoms with Gasteiger partial charge in [-0.15, -0.1) is 0 Å². The largest absolute Gasteiger partial charge is 0.451 e. The van der Waals surface area contributed by atoms with E-state index in [1.807, 2.05) is 4.90 Å². The summed E-state index contributed by atoms with van der Waals surface area (Å²) in [6.07, 6.45) is 0.226. The minimum atomic E-state index is -3.47. The molecule has 2 aromatic carbocycles. The molecule has 2 heterocycles. The smallest absolute Gasteiger partial charge is 0.287 e. The van der Waals surface area contributed by atoms with E-state index in [1.165, 1.54) is 16.4 Å². The van der Waals surface area contributed by atoms with Crippen molar-refractivity contribution in [2.75, 3.05) is 43.4 Å². The molecule has 8 nitrogen and oxygen atoms in total. The molecule has 1 amide bonds. The number of nitrogens with zero attached hydrogens (tertiary/aromatic N) is 2. The molecule has 0 unspecified atom stereocenters. The quantitative estimate of drug-likeness (QED) is 0.528. The van der Waals surface area contributed by atoms with E-state index in [0.29, 0.717) is 37.1 Å². The van der Waals surface area contributed by atoms with Crippen LogP contribution in [0.5, 0.6) is 0 Å². The summed E-state index contributed by atoms with van der Waals surface area (Å²) in [6.45, 7) is 1.85. The highest BCUT2D eigenvalue weighted by Crippen LogP contribution is 2.18. The lowest BCUT2D eigenvalue weighted by Crippen LogP contribution is -2.49. The summed E-state index contributed by atoms with van der Waals surface area (Å²) in [5.41, 5.74) is 0.860. The van der Waals surface area contributed by atoms with Gasteiger partial charge in [-0.25, -0.2) is 12.8 Å². The van der Waals surface area contributed by atoms with Crippen LogP contribution in [0.1, 0.15) is 17.0 Å². The number of carbonyl (C=O) groups is 1. The first-order chi connectivity index (χ1) is 15.8. The maximum Gasteiger partial charge on any atom is 0.287 e. The monoisotopic (exact) mass is 473 g/mol. The van der Waals surface area contributed by atoms with E-state index in [0.717, 1.165) is 11.8 Å². The first-order valence-corrected chi connectivity index (χ1v) is 12.2. The molecule has 0 radical (unpaired) electrons.